The zero-order valence-electron chi connectivity index (χ0n) is 5.89. The van der Waals surface area contributed by atoms with E-state index in [-0.39, 0.29) is 6.61 Å². The van der Waals surface area contributed by atoms with E-state index >= 15 is 0 Å². The summed E-state index contributed by atoms with van der Waals surface area (Å²) in [7, 11) is 4.01. The molecule has 8 heavy (non-hydrogen) atoms. The first-order valence-electron chi connectivity index (χ1n) is 2.92. The predicted octanol–water partition coefficient (Wildman–Crippen LogP) is 0.176. The molecule has 0 aromatic rings. The zero-order chi connectivity index (χ0) is 6.57. The van der Waals surface area contributed by atoms with Gasteiger partial charge in [-0.2, -0.15) is 0 Å². The van der Waals surface area contributed by atoms with Gasteiger partial charge in [0, 0.05) is 13.2 Å². The quantitative estimate of drug-likeness (QED) is 0.570. The molecule has 1 unspecified atom stereocenters. The molecule has 0 aliphatic rings. The highest BCUT2D eigenvalue weighted by Gasteiger charge is 1.98. The molecule has 2 nitrogen and oxygen atoms in total. The average molecular weight is 117 g/mol. The van der Waals surface area contributed by atoms with Gasteiger partial charge in [-0.05, 0) is 20.0 Å². The molecule has 0 bridgehead atoms. The van der Waals surface area contributed by atoms with Crippen molar-refractivity contribution in [3.63, 3.8) is 0 Å². The number of rotatable bonds is 3. The van der Waals surface area contributed by atoms with Gasteiger partial charge in [-0.1, -0.05) is 6.92 Å². The van der Waals surface area contributed by atoms with Crippen LogP contribution in [0.1, 0.15) is 6.92 Å². The average Bonchev–Trinajstić information content (AvgIpc) is 1.65. The summed E-state index contributed by atoms with van der Waals surface area (Å²) >= 11 is 0. The first-order valence-corrected chi connectivity index (χ1v) is 2.92. The minimum absolute atomic E-state index is 0.290. The Kier molecular flexibility index (Phi) is 3.83. The number of aliphatic hydroxyl groups excluding tert-OH is 1. The van der Waals surface area contributed by atoms with Crippen LogP contribution in [-0.4, -0.2) is 37.3 Å². The van der Waals surface area contributed by atoms with Crippen molar-refractivity contribution < 1.29 is 5.11 Å². The van der Waals surface area contributed by atoms with Crippen molar-refractivity contribution in [2.45, 2.75) is 6.92 Å². The summed E-state index contributed by atoms with van der Waals surface area (Å²) in [6.07, 6.45) is 0. The van der Waals surface area contributed by atoms with Gasteiger partial charge in [0.2, 0.25) is 0 Å². The van der Waals surface area contributed by atoms with Crippen LogP contribution in [0.25, 0.3) is 0 Å². The molecule has 0 aliphatic heterocycles. The van der Waals surface area contributed by atoms with E-state index in [1.54, 1.807) is 0 Å². The molecule has 50 valence electrons. The first kappa shape index (κ1) is 7.92. The Bertz CT molecular complexity index is 54.5. The summed E-state index contributed by atoms with van der Waals surface area (Å²) in [5.74, 6) is 0.407. The Balaban J connectivity index is 3.10. The number of hydrogen-bond donors (Lipinski definition) is 1. The molecule has 0 radical (unpaired) electrons. The Morgan fingerprint density at radius 1 is 1.50 bits per heavy atom. The third-order valence-electron chi connectivity index (χ3n) is 0.988. The molecule has 0 heterocycles. The predicted molar refractivity (Wildman–Crippen MR) is 34.8 cm³/mol. The third kappa shape index (κ3) is 4.09. The van der Waals surface area contributed by atoms with Gasteiger partial charge in [-0.15, -0.1) is 0 Å². The van der Waals surface area contributed by atoms with Crippen LogP contribution in [0.4, 0.5) is 0 Å². The summed E-state index contributed by atoms with van der Waals surface area (Å²) in [6, 6.07) is 0. The molecule has 0 aromatic heterocycles. The van der Waals surface area contributed by atoms with Crippen LogP contribution < -0.4 is 0 Å². The van der Waals surface area contributed by atoms with Crippen LogP contribution in [0.5, 0.6) is 0 Å². The molecular formula is C6H15NO. The van der Waals surface area contributed by atoms with E-state index in [1.165, 1.54) is 0 Å². The second kappa shape index (κ2) is 3.87. The molecule has 0 rings (SSSR count). The molecular weight excluding hydrogens is 102 g/mol. The SMILES string of the molecule is CC(CO)CN(C)C. The van der Waals surface area contributed by atoms with Crippen molar-refractivity contribution in [2.75, 3.05) is 27.2 Å². The van der Waals surface area contributed by atoms with Gasteiger partial charge in [0.25, 0.3) is 0 Å². The monoisotopic (exact) mass is 117 g/mol. The van der Waals surface area contributed by atoms with E-state index < -0.39 is 0 Å². The smallest absolute Gasteiger partial charge is 0.0468 e. The van der Waals surface area contributed by atoms with E-state index in [0.29, 0.717) is 5.92 Å². The number of hydrogen-bond acceptors (Lipinski definition) is 2. The minimum atomic E-state index is 0.290. The summed E-state index contributed by atoms with van der Waals surface area (Å²) in [4.78, 5) is 2.07. The first-order chi connectivity index (χ1) is 3.66. The van der Waals surface area contributed by atoms with Crippen molar-refractivity contribution in [1.29, 1.82) is 0 Å². The van der Waals surface area contributed by atoms with Gasteiger partial charge in [-0.25, -0.2) is 0 Å². The summed E-state index contributed by atoms with van der Waals surface area (Å²) in [5.41, 5.74) is 0. The van der Waals surface area contributed by atoms with Crippen molar-refractivity contribution in [1.82, 2.24) is 4.90 Å². The molecule has 0 saturated heterocycles. The molecule has 0 saturated carbocycles. The van der Waals surface area contributed by atoms with Crippen LogP contribution in [0.3, 0.4) is 0 Å². The molecule has 0 spiro atoms. The van der Waals surface area contributed by atoms with E-state index in [2.05, 4.69) is 4.90 Å². The summed E-state index contributed by atoms with van der Waals surface area (Å²) in [6.45, 7) is 3.29. The van der Waals surface area contributed by atoms with E-state index in [0.717, 1.165) is 6.54 Å². The topological polar surface area (TPSA) is 23.5 Å². The van der Waals surface area contributed by atoms with Gasteiger partial charge in [-0.3, -0.25) is 0 Å². The standard InChI is InChI=1S/C6H15NO/c1-6(5-8)4-7(2)3/h6,8H,4-5H2,1-3H3. The van der Waals surface area contributed by atoms with E-state index in [9.17, 15) is 0 Å². The van der Waals surface area contributed by atoms with Gasteiger partial charge in [0.1, 0.15) is 0 Å². The maximum atomic E-state index is 8.56. The Morgan fingerprint density at radius 3 is 2.12 bits per heavy atom. The molecule has 0 aromatic carbocycles. The Morgan fingerprint density at radius 2 is 2.00 bits per heavy atom. The lowest BCUT2D eigenvalue weighted by Crippen LogP contribution is -2.21. The number of nitrogens with zero attached hydrogens (tertiary/aromatic N) is 1. The van der Waals surface area contributed by atoms with Crippen LogP contribution >= 0.6 is 0 Å². The van der Waals surface area contributed by atoms with Crippen molar-refractivity contribution in [3.05, 3.63) is 0 Å². The lowest BCUT2D eigenvalue weighted by Gasteiger charge is -2.13. The fourth-order valence-corrected chi connectivity index (χ4v) is 0.681. The van der Waals surface area contributed by atoms with Crippen molar-refractivity contribution in [2.24, 2.45) is 5.92 Å². The molecule has 0 aliphatic carbocycles. The van der Waals surface area contributed by atoms with E-state index in [1.807, 2.05) is 21.0 Å². The Labute approximate surface area is 51.1 Å². The highest BCUT2D eigenvalue weighted by Crippen LogP contribution is 1.92. The maximum absolute atomic E-state index is 8.56. The summed E-state index contributed by atoms with van der Waals surface area (Å²) in [5, 5.41) is 8.56. The highest BCUT2D eigenvalue weighted by molar-refractivity contribution is 4.51. The second-order valence-electron chi connectivity index (χ2n) is 2.55. The zero-order valence-corrected chi connectivity index (χ0v) is 5.89. The van der Waals surface area contributed by atoms with Crippen molar-refractivity contribution >= 4 is 0 Å². The highest BCUT2D eigenvalue weighted by atomic mass is 16.3. The Hall–Kier alpha value is -0.0800. The largest absolute Gasteiger partial charge is 0.396 e. The second-order valence-corrected chi connectivity index (χ2v) is 2.55. The van der Waals surface area contributed by atoms with Crippen LogP contribution in [-0.2, 0) is 0 Å². The fraction of sp³-hybridized carbons (Fsp3) is 1.00. The molecule has 1 atom stereocenters. The van der Waals surface area contributed by atoms with Gasteiger partial charge >= 0.3 is 0 Å². The van der Waals surface area contributed by atoms with Gasteiger partial charge in [0.15, 0.2) is 0 Å². The van der Waals surface area contributed by atoms with Crippen LogP contribution in [0.2, 0.25) is 0 Å². The van der Waals surface area contributed by atoms with E-state index in [4.69, 9.17) is 5.11 Å². The minimum Gasteiger partial charge on any atom is -0.396 e. The molecule has 0 amide bonds. The molecule has 0 fully saturated rings. The molecule has 1 N–H and O–H groups in total. The fourth-order valence-electron chi connectivity index (χ4n) is 0.681. The summed E-state index contributed by atoms with van der Waals surface area (Å²) < 4.78 is 0. The van der Waals surface area contributed by atoms with Crippen LogP contribution in [0.15, 0.2) is 0 Å². The van der Waals surface area contributed by atoms with Gasteiger partial charge in [0.05, 0.1) is 0 Å². The lowest BCUT2D eigenvalue weighted by molar-refractivity contribution is 0.204. The lowest BCUT2D eigenvalue weighted by atomic mass is 10.2. The van der Waals surface area contributed by atoms with Gasteiger partial charge < -0.3 is 10.0 Å². The number of aliphatic hydroxyl groups is 1. The normalized spacial score (nSPS) is 14.6. The third-order valence-corrected chi connectivity index (χ3v) is 0.988. The maximum Gasteiger partial charge on any atom is 0.0468 e. The molecule has 2 heteroatoms. The van der Waals surface area contributed by atoms with Crippen molar-refractivity contribution in [3.8, 4) is 0 Å². The van der Waals surface area contributed by atoms with Crippen LogP contribution in [0, 0.1) is 5.92 Å².